The molecule has 1 N–H and O–H groups in total. The smallest absolute Gasteiger partial charge is 0.163 e. The van der Waals surface area contributed by atoms with Crippen LogP contribution in [0.1, 0.15) is 31.7 Å². The normalized spacial score (nSPS) is 25.8. The van der Waals surface area contributed by atoms with Crippen LogP contribution in [0.5, 0.6) is 0 Å². The Morgan fingerprint density at radius 3 is 3.00 bits per heavy atom. The molecule has 0 spiro atoms. The van der Waals surface area contributed by atoms with Crippen LogP contribution in [0.3, 0.4) is 0 Å². The molecule has 1 fully saturated rings. The van der Waals surface area contributed by atoms with Gasteiger partial charge in [-0.15, -0.1) is 11.3 Å². The molecule has 1 aliphatic rings. The number of rotatable bonds is 4. The lowest BCUT2D eigenvalue weighted by Crippen LogP contribution is -2.31. The quantitative estimate of drug-likeness (QED) is 0.878. The molecule has 4 heteroatoms. The standard InChI is InChI=1S/C12H19NO2S/c1-9(11-5-4-6-16-11)13-7-10-8-14-12(2,3)15-10/h4-6,9-10,13H,7-8H2,1-3H3. The minimum atomic E-state index is -0.418. The lowest BCUT2D eigenvalue weighted by Gasteiger charge is -2.18. The van der Waals surface area contributed by atoms with Crippen LogP contribution >= 0.6 is 11.3 Å². The number of nitrogens with one attached hydrogen (secondary N) is 1. The molecule has 2 unspecified atom stereocenters. The Morgan fingerprint density at radius 2 is 2.44 bits per heavy atom. The highest BCUT2D eigenvalue weighted by molar-refractivity contribution is 7.10. The fourth-order valence-electron chi connectivity index (χ4n) is 1.81. The SMILES string of the molecule is CC(NCC1COC(C)(C)O1)c1cccs1. The molecule has 1 aromatic rings. The molecule has 0 amide bonds. The molecular weight excluding hydrogens is 222 g/mol. The van der Waals surface area contributed by atoms with Gasteiger partial charge in [-0.1, -0.05) is 6.07 Å². The van der Waals surface area contributed by atoms with E-state index in [2.05, 4.69) is 29.8 Å². The Hall–Kier alpha value is -0.420. The van der Waals surface area contributed by atoms with Gasteiger partial charge in [-0.2, -0.15) is 0 Å². The fourth-order valence-corrected chi connectivity index (χ4v) is 2.57. The van der Waals surface area contributed by atoms with Crippen molar-refractivity contribution in [1.29, 1.82) is 0 Å². The molecule has 1 aliphatic heterocycles. The van der Waals surface area contributed by atoms with Gasteiger partial charge in [-0.05, 0) is 32.2 Å². The van der Waals surface area contributed by atoms with Crippen molar-refractivity contribution < 1.29 is 9.47 Å². The van der Waals surface area contributed by atoms with Gasteiger partial charge in [0.25, 0.3) is 0 Å². The summed E-state index contributed by atoms with van der Waals surface area (Å²) in [5.41, 5.74) is 0. The first-order chi connectivity index (χ1) is 7.57. The van der Waals surface area contributed by atoms with Crippen LogP contribution in [0, 0.1) is 0 Å². The average molecular weight is 241 g/mol. The summed E-state index contributed by atoms with van der Waals surface area (Å²) < 4.78 is 11.3. The van der Waals surface area contributed by atoms with Gasteiger partial charge in [0.2, 0.25) is 0 Å². The molecule has 0 aliphatic carbocycles. The highest BCUT2D eigenvalue weighted by atomic mass is 32.1. The first-order valence-electron chi connectivity index (χ1n) is 5.65. The van der Waals surface area contributed by atoms with Crippen LogP contribution in [0.4, 0.5) is 0 Å². The Kier molecular flexibility index (Phi) is 3.64. The minimum absolute atomic E-state index is 0.164. The van der Waals surface area contributed by atoms with Crippen molar-refractivity contribution in [3.8, 4) is 0 Å². The molecule has 1 aromatic heterocycles. The van der Waals surface area contributed by atoms with E-state index in [9.17, 15) is 0 Å². The predicted molar refractivity (Wildman–Crippen MR) is 65.6 cm³/mol. The third-order valence-electron chi connectivity index (χ3n) is 2.69. The lowest BCUT2D eigenvalue weighted by atomic mass is 10.2. The van der Waals surface area contributed by atoms with Gasteiger partial charge in [0.15, 0.2) is 5.79 Å². The van der Waals surface area contributed by atoms with Crippen LogP contribution in [0.15, 0.2) is 17.5 Å². The summed E-state index contributed by atoms with van der Waals surface area (Å²) in [6.07, 6.45) is 0.164. The maximum atomic E-state index is 5.74. The van der Waals surface area contributed by atoms with Crippen molar-refractivity contribution in [2.24, 2.45) is 0 Å². The van der Waals surface area contributed by atoms with Crippen molar-refractivity contribution in [3.63, 3.8) is 0 Å². The Bertz CT molecular complexity index is 324. The van der Waals surface area contributed by atoms with Crippen molar-refractivity contribution in [3.05, 3.63) is 22.4 Å². The number of thiophene rings is 1. The van der Waals surface area contributed by atoms with E-state index in [1.165, 1.54) is 4.88 Å². The molecule has 2 heterocycles. The highest BCUT2D eigenvalue weighted by Gasteiger charge is 2.32. The van der Waals surface area contributed by atoms with E-state index in [4.69, 9.17) is 9.47 Å². The number of hydrogen-bond acceptors (Lipinski definition) is 4. The topological polar surface area (TPSA) is 30.5 Å². The summed E-state index contributed by atoms with van der Waals surface area (Å²) in [5.74, 6) is -0.418. The average Bonchev–Trinajstić information content (AvgIpc) is 2.83. The Morgan fingerprint density at radius 1 is 1.62 bits per heavy atom. The van der Waals surface area contributed by atoms with Gasteiger partial charge in [-0.25, -0.2) is 0 Å². The van der Waals surface area contributed by atoms with Crippen molar-refractivity contribution >= 4 is 11.3 Å². The van der Waals surface area contributed by atoms with Crippen molar-refractivity contribution in [1.82, 2.24) is 5.32 Å². The maximum Gasteiger partial charge on any atom is 0.163 e. The molecule has 3 nitrogen and oxygen atoms in total. The third kappa shape index (κ3) is 3.04. The molecule has 0 bridgehead atoms. The van der Waals surface area contributed by atoms with Gasteiger partial charge < -0.3 is 14.8 Å². The van der Waals surface area contributed by atoms with Gasteiger partial charge in [0, 0.05) is 17.5 Å². The molecule has 0 radical (unpaired) electrons. The maximum absolute atomic E-state index is 5.74. The zero-order valence-electron chi connectivity index (χ0n) is 10.0. The van der Waals surface area contributed by atoms with Crippen molar-refractivity contribution in [2.75, 3.05) is 13.2 Å². The summed E-state index contributed by atoms with van der Waals surface area (Å²) in [5, 5.41) is 5.57. The number of hydrogen-bond donors (Lipinski definition) is 1. The third-order valence-corrected chi connectivity index (χ3v) is 3.74. The van der Waals surface area contributed by atoms with E-state index in [0.717, 1.165) is 6.54 Å². The number of ether oxygens (including phenoxy) is 2. The van der Waals surface area contributed by atoms with E-state index < -0.39 is 5.79 Å². The lowest BCUT2D eigenvalue weighted by molar-refractivity contribution is -0.137. The van der Waals surface area contributed by atoms with Crippen LogP contribution in [-0.2, 0) is 9.47 Å². The monoisotopic (exact) mass is 241 g/mol. The van der Waals surface area contributed by atoms with E-state index in [1.807, 2.05) is 13.8 Å². The van der Waals surface area contributed by atoms with E-state index in [-0.39, 0.29) is 6.10 Å². The zero-order chi connectivity index (χ0) is 11.6. The Balaban J connectivity index is 1.76. The van der Waals surface area contributed by atoms with E-state index in [1.54, 1.807) is 11.3 Å². The zero-order valence-corrected chi connectivity index (χ0v) is 10.8. The second-order valence-corrected chi connectivity index (χ2v) is 5.58. The second-order valence-electron chi connectivity index (χ2n) is 4.60. The largest absolute Gasteiger partial charge is 0.348 e. The van der Waals surface area contributed by atoms with E-state index in [0.29, 0.717) is 12.6 Å². The fraction of sp³-hybridized carbons (Fsp3) is 0.667. The molecule has 0 aromatic carbocycles. The first kappa shape index (κ1) is 12.0. The summed E-state index contributed by atoms with van der Waals surface area (Å²) in [4.78, 5) is 1.36. The minimum Gasteiger partial charge on any atom is -0.348 e. The summed E-state index contributed by atoms with van der Waals surface area (Å²) in [6, 6.07) is 4.61. The molecule has 1 saturated heterocycles. The van der Waals surface area contributed by atoms with Gasteiger partial charge in [0.05, 0.1) is 12.7 Å². The molecule has 90 valence electrons. The van der Waals surface area contributed by atoms with Crippen LogP contribution in [0.25, 0.3) is 0 Å². The van der Waals surface area contributed by atoms with Crippen molar-refractivity contribution in [2.45, 2.75) is 38.7 Å². The molecule has 2 atom stereocenters. The van der Waals surface area contributed by atoms with Gasteiger partial charge >= 0.3 is 0 Å². The first-order valence-corrected chi connectivity index (χ1v) is 6.53. The molecule has 16 heavy (non-hydrogen) atoms. The molecule has 0 saturated carbocycles. The molecule has 2 rings (SSSR count). The van der Waals surface area contributed by atoms with Gasteiger partial charge in [-0.3, -0.25) is 0 Å². The highest BCUT2D eigenvalue weighted by Crippen LogP contribution is 2.23. The van der Waals surface area contributed by atoms with E-state index >= 15 is 0 Å². The summed E-state index contributed by atoms with van der Waals surface area (Å²) in [6.45, 7) is 7.60. The van der Waals surface area contributed by atoms with Crippen LogP contribution in [-0.4, -0.2) is 25.0 Å². The van der Waals surface area contributed by atoms with Crippen LogP contribution < -0.4 is 5.32 Å². The summed E-state index contributed by atoms with van der Waals surface area (Å²) in [7, 11) is 0. The van der Waals surface area contributed by atoms with Crippen LogP contribution in [0.2, 0.25) is 0 Å². The Labute approximate surface area is 101 Å². The van der Waals surface area contributed by atoms with Gasteiger partial charge in [0.1, 0.15) is 0 Å². The summed E-state index contributed by atoms with van der Waals surface area (Å²) >= 11 is 1.78. The second kappa shape index (κ2) is 4.84. The predicted octanol–water partition coefficient (Wildman–Crippen LogP) is 2.55. The molecular formula is C12H19NO2S.